The Morgan fingerprint density at radius 3 is 2.14 bits per heavy atom. The number of ether oxygens (including phenoxy) is 2. The van der Waals surface area contributed by atoms with Crippen LogP contribution >= 0.6 is 0 Å². The molecule has 0 aliphatic heterocycles. The molecule has 22 heavy (non-hydrogen) atoms. The van der Waals surface area contributed by atoms with Crippen molar-refractivity contribution < 1.29 is 9.47 Å². The van der Waals surface area contributed by atoms with Crippen molar-refractivity contribution in [3.8, 4) is 17.2 Å². The van der Waals surface area contributed by atoms with Gasteiger partial charge in [0.05, 0.1) is 0 Å². The van der Waals surface area contributed by atoms with Gasteiger partial charge in [0.15, 0.2) is 0 Å². The molecule has 116 valence electrons. The summed E-state index contributed by atoms with van der Waals surface area (Å²) < 4.78 is 11.5. The summed E-state index contributed by atoms with van der Waals surface area (Å²) in [4.78, 5) is 0. The second kappa shape index (κ2) is 8.28. The zero-order chi connectivity index (χ0) is 15.8. The summed E-state index contributed by atoms with van der Waals surface area (Å²) in [6.07, 6.45) is 3.27. The number of para-hydroxylation sites is 1. The molecular formula is C20H24O2. The smallest absolute Gasteiger partial charge is 0.127 e. The van der Waals surface area contributed by atoms with Crippen LogP contribution in [0.1, 0.15) is 27.2 Å². The number of hydrogen-bond donors (Lipinski definition) is 0. The minimum absolute atomic E-state index is 0.609. The molecular weight excluding hydrogens is 272 g/mol. The fourth-order valence-corrected chi connectivity index (χ4v) is 2.24. The van der Waals surface area contributed by atoms with Crippen LogP contribution in [0.5, 0.6) is 17.2 Å². The maximum Gasteiger partial charge on any atom is 0.127 e. The van der Waals surface area contributed by atoms with Gasteiger partial charge in [0.1, 0.15) is 23.9 Å². The van der Waals surface area contributed by atoms with E-state index in [9.17, 15) is 0 Å². The normalized spacial score (nSPS) is 11.5. The van der Waals surface area contributed by atoms with E-state index in [1.165, 1.54) is 5.57 Å². The Bertz CT molecular complexity index is 583. The molecule has 2 aromatic rings. The average Bonchev–Trinajstić information content (AvgIpc) is 2.49. The highest BCUT2D eigenvalue weighted by Gasteiger charge is 1.99. The molecule has 0 spiro atoms. The highest BCUT2D eigenvalue weighted by atomic mass is 16.5. The monoisotopic (exact) mass is 296 g/mol. The fraction of sp³-hybridized carbons (Fsp3) is 0.300. The van der Waals surface area contributed by atoms with Crippen molar-refractivity contribution >= 4 is 0 Å². The van der Waals surface area contributed by atoms with Crippen molar-refractivity contribution in [3.63, 3.8) is 0 Å². The first-order valence-electron chi connectivity index (χ1n) is 7.75. The Morgan fingerprint density at radius 2 is 1.50 bits per heavy atom. The van der Waals surface area contributed by atoms with Gasteiger partial charge in [-0.2, -0.15) is 0 Å². The molecule has 0 fully saturated rings. The number of allylic oxidation sites excluding steroid dienone is 1. The Balaban J connectivity index is 1.84. The van der Waals surface area contributed by atoms with Crippen LogP contribution in [0.15, 0.2) is 66.2 Å². The molecule has 0 radical (unpaired) electrons. The van der Waals surface area contributed by atoms with E-state index in [1.54, 1.807) is 0 Å². The summed E-state index contributed by atoms with van der Waals surface area (Å²) in [5, 5.41) is 0. The molecule has 0 amide bonds. The Hall–Kier alpha value is -2.22. The van der Waals surface area contributed by atoms with E-state index in [0.717, 1.165) is 23.7 Å². The summed E-state index contributed by atoms with van der Waals surface area (Å²) in [7, 11) is 0. The van der Waals surface area contributed by atoms with Crippen LogP contribution in [0, 0.1) is 5.92 Å². The minimum Gasteiger partial charge on any atom is -0.490 e. The lowest BCUT2D eigenvalue weighted by atomic mass is 10.0. The first kappa shape index (κ1) is 16.2. The topological polar surface area (TPSA) is 18.5 Å². The maximum absolute atomic E-state index is 5.75. The lowest BCUT2D eigenvalue weighted by molar-refractivity contribution is 0.360. The summed E-state index contributed by atoms with van der Waals surface area (Å²) in [6, 6.07) is 17.5. The lowest BCUT2D eigenvalue weighted by Gasteiger charge is -2.08. The largest absolute Gasteiger partial charge is 0.490 e. The van der Waals surface area contributed by atoms with Crippen molar-refractivity contribution in [1.29, 1.82) is 0 Å². The van der Waals surface area contributed by atoms with E-state index in [2.05, 4.69) is 26.8 Å². The van der Waals surface area contributed by atoms with Gasteiger partial charge >= 0.3 is 0 Å². The van der Waals surface area contributed by atoms with Gasteiger partial charge in [-0.15, -0.1) is 0 Å². The summed E-state index contributed by atoms with van der Waals surface area (Å²) >= 11 is 0. The second-order valence-electron chi connectivity index (χ2n) is 5.85. The molecule has 0 unspecified atom stereocenters. The summed E-state index contributed by atoms with van der Waals surface area (Å²) in [5.74, 6) is 3.19. The van der Waals surface area contributed by atoms with Crippen LogP contribution in [0.4, 0.5) is 0 Å². The number of benzene rings is 2. The quantitative estimate of drug-likeness (QED) is 0.597. The molecule has 2 aromatic carbocycles. The average molecular weight is 296 g/mol. The zero-order valence-corrected chi connectivity index (χ0v) is 13.6. The van der Waals surface area contributed by atoms with Gasteiger partial charge in [-0.3, -0.25) is 0 Å². The fourth-order valence-electron chi connectivity index (χ4n) is 2.24. The van der Waals surface area contributed by atoms with Crippen LogP contribution < -0.4 is 9.47 Å². The number of hydrogen-bond acceptors (Lipinski definition) is 2. The van der Waals surface area contributed by atoms with Crippen molar-refractivity contribution in [1.82, 2.24) is 0 Å². The Labute approximate surface area is 133 Å². The molecule has 0 aliphatic rings. The molecule has 2 heteroatoms. The van der Waals surface area contributed by atoms with E-state index in [1.807, 2.05) is 54.6 Å². The second-order valence-corrected chi connectivity index (χ2v) is 5.85. The third-order valence-corrected chi connectivity index (χ3v) is 3.21. The highest BCUT2D eigenvalue weighted by Crippen LogP contribution is 2.23. The zero-order valence-electron chi connectivity index (χ0n) is 13.6. The molecule has 0 atom stereocenters. The molecule has 0 aliphatic carbocycles. The van der Waals surface area contributed by atoms with E-state index >= 15 is 0 Å². The van der Waals surface area contributed by atoms with Crippen LogP contribution in [0.2, 0.25) is 0 Å². The predicted molar refractivity (Wildman–Crippen MR) is 91.7 cm³/mol. The number of rotatable bonds is 7. The van der Waals surface area contributed by atoms with Crippen molar-refractivity contribution in [2.45, 2.75) is 27.2 Å². The standard InChI is InChI=1S/C20H24O2/c1-16(2)15-17(3)13-14-21-18-9-11-20(12-10-18)22-19-7-5-4-6-8-19/h4-13,16H,14-15H2,1-3H3. The van der Waals surface area contributed by atoms with Crippen LogP contribution in [0.25, 0.3) is 0 Å². The van der Waals surface area contributed by atoms with Gasteiger partial charge < -0.3 is 9.47 Å². The SMILES string of the molecule is CC(=CCOc1ccc(Oc2ccccc2)cc1)CC(C)C. The van der Waals surface area contributed by atoms with Crippen LogP contribution in [-0.4, -0.2) is 6.61 Å². The molecule has 2 rings (SSSR count). The third-order valence-electron chi connectivity index (χ3n) is 3.21. The van der Waals surface area contributed by atoms with Crippen LogP contribution in [-0.2, 0) is 0 Å². The lowest BCUT2D eigenvalue weighted by Crippen LogP contribution is -1.96. The maximum atomic E-state index is 5.75. The Morgan fingerprint density at radius 1 is 0.909 bits per heavy atom. The van der Waals surface area contributed by atoms with Crippen molar-refractivity contribution in [2.75, 3.05) is 6.61 Å². The molecule has 0 bridgehead atoms. The summed E-state index contributed by atoms with van der Waals surface area (Å²) in [6.45, 7) is 7.21. The van der Waals surface area contributed by atoms with Gasteiger partial charge in [0, 0.05) is 0 Å². The minimum atomic E-state index is 0.609. The predicted octanol–water partition coefficient (Wildman–Crippen LogP) is 5.85. The highest BCUT2D eigenvalue weighted by molar-refractivity contribution is 5.35. The van der Waals surface area contributed by atoms with Gasteiger partial charge in [0.2, 0.25) is 0 Å². The third kappa shape index (κ3) is 5.65. The van der Waals surface area contributed by atoms with E-state index in [4.69, 9.17) is 9.47 Å². The van der Waals surface area contributed by atoms with E-state index < -0.39 is 0 Å². The molecule has 2 nitrogen and oxygen atoms in total. The van der Waals surface area contributed by atoms with Gasteiger partial charge in [-0.1, -0.05) is 37.6 Å². The van der Waals surface area contributed by atoms with Crippen molar-refractivity contribution in [2.24, 2.45) is 5.92 Å². The summed E-state index contributed by atoms with van der Waals surface area (Å²) in [5.41, 5.74) is 1.37. The Kier molecular flexibility index (Phi) is 6.08. The first-order valence-corrected chi connectivity index (χ1v) is 7.75. The van der Waals surface area contributed by atoms with Gasteiger partial charge in [-0.05, 0) is 61.7 Å². The first-order chi connectivity index (χ1) is 10.6. The van der Waals surface area contributed by atoms with Crippen LogP contribution in [0.3, 0.4) is 0 Å². The van der Waals surface area contributed by atoms with Crippen molar-refractivity contribution in [3.05, 3.63) is 66.2 Å². The molecule has 0 heterocycles. The van der Waals surface area contributed by atoms with E-state index in [0.29, 0.717) is 12.5 Å². The molecule has 0 saturated heterocycles. The molecule has 0 aromatic heterocycles. The van der Waals surface area contributed by atoms with Gasteiger partial charge in [0.25, 0.3) is 0 Å². The van der Waals surface area contributed by atoms with E-state index in [-0.39, 0.29) is 0 Å². The molecule has 0 N–H and O–H groups in total. The molecule has 0 saturated carbocycles. The van der Waals surface area contributed by atoms with Gasteiger partial charge in [-0.25, -0.2) is 0 Å².